The topological polar surface area (TPSA) is 91.1 Å². The van der Waals surface area contributed by atoms with E-state index < -0.39 is 0 Å². The minimum atomic E-state index is -0.161. The van der Waals surface area contributed by atoms with Crippen molar-refractivity contribution in [3.8, 4) is 17.0 Å². The van der Waals surface area contributed by atoms with Gasteiger partial charge in [0.25, 0.3) is 5.56 Å². The molecule has 0 unspecified atom stereocenters. The van der Waals surface area contributed by atoms with Gasteiger partial charge in [0.1, 0.15) is 5.75 Å². The number of aromatic amines is 2. The summed E-state index contributed by atoms with van der Waals surface area (Å²) in [4.78, 5) is 37.3. The van der Waals surface area contributed by atoms with Crippen LogP contribution in [-0.4, -0.2) is 39.4 Å². The number of fused-ring (bicyclic) bond motifs is 2. The number of hydrogen-bond donors (Lipinski definition) is 2. The third-order valence-electron chi connectivity index (χ3n) is 6.14. The summed E-state index contributed by atoms with van der Waals surface area (Å²) >= 11 is 0. The van der Waals surface area contributed by atoms with Crippen LogP contribution in [0.5, 0.6) is 5.75 Å². The average Bonchev–Trinajstić information content (AvgIpc) is 3.21. The first kappa shape index (κ1) is 20.1. The second-order valence-electron chi connectivity index (χ2n) is 7.97. The first-order valence-corrected chi connectivity index (χ1v) is 10.7. The fourth-order valence-electron chi connectivity index (χ4n) is 4.42. The lowest BCUT2D eigenvalue weighted by molar-refractivity contribution is -0.132. The number of carbonyl (C=O) groups excluding carboxylic acids is 1. The summed E-state index contributed by atoms with van der Waals surface area (Å²) < 4.78 is 5.28. The number of carbonyl (C=O) groups is 1. The number of nitrogens with one attached hydrogen (secondary N) is 2. The summed E-state index contributed by atoms with van der Waals surface area (Å²) in [6, 6.07) is 16.1. The minimum absolute atomic E-state index is 0.0462. The highest BCUT2D eigenvalue weighted by Crippen LogP contribution is 2.32. The lowest BCUT2D eigenvalue weighted by atomic mass is 10.00. The smallest absolute Gasteiger partial charge is 0.255 e. The number of nitrogens with zero attached hydrogens (tertiary/aromatic N) is 2. The van der Waals surface area contributed by atoms with E-state index in [0.717, 1.165) is 39.2 Å². The third-order valence-corrected chi connectivity index (χ3v) is 6.14. The maximum absolute atomic E-state index is 13.0. The van der Waals surface area contributed by atoms with Gasteiger partial charge < -0.3 is 19.6 Å². The van der Waals surface area contributed by atoms with Gasteiger partial charge in [-0.2, -0.15) is 0 Å². The number of methoxy groups -OCH3 is 1. The van der Waals surface area contributed by atoms with Crippen molar-refractivity contribution in [2.45, 2.75) is 25.8 Å². The summed E-state index contributed by atoms with van der Waals surface area (Å²) in [5, 5.41) is 1.12. The Labute approximate surface area is 185 Å². The van der Waals surface area contributed by atoms with Crippen molar-refractivity contribution >= 4 is 16.8 Å². The van der Waals surface area contributed by atoms with E-state index >= 15 is 0 Å². The van der Waals surface area contributed by atoms with Crippen molar-refractivity contribution in [3.63, 3.8) is 0 Å². The molecule has 0 radical (unpaired) electrons. The molecule has 1 amide bonds. The van der Waals surface area contributed by atoms with E-state index in [9.17, 15) is 9.59 Å². The third kappa shape index (κ3) is 3.66. The van der Waals surface area contributed by atoms with Crippen molar-refractivity contribution in [2.24, 2.45) is 0 Å². The molecule has 0 bridgehead atoms. The Bertz CT molecular complexity index is 1340. The van der Waals surface area contributed by atoms with E-state index in [4.69, 9.17) is 4.74 Å². The number of aromatic nitrogens is 3. The van der Waals surface area contributed by atoms with Crippen LogP contribution in [0.2, 0.25) is 0 Å². The van der Waals surface area contributed by atoms with Crippen molar-refractivity contribution in [1.82, 2.24) is 19.9 Å². The molecule has 7 nitrogen and oxygen atoms in total. The highest BCUT2D eigenvalue weighted by atomic mass is 16.5. The summed E-state index contributed by atoms with van der Waals surface area (Å²) in [7, 11) is 1.65. The van der Waals surface area contributed by atoms with Crippen LogP contribution in [0.15, 0.2) is 59.7 Å². The first-order chi connectivity index (χ1) is 15.6. The number of hydrogen-bond acceptors (Lipinski definition) is 4. The molecule has 7 heteroatoms. The molecular formula is C25H24N4O3. The quantitative estimate of drug-likeness (QED) is 0.509. The van der Waals surface area contributed by atoms with Gasteiger partial charge in [-0.15, -0.1) is 0 Å². The Morgan fingerprint density at radius 1 is 1.16 bits per heavy atom. The van der Waals surface area contributed by atoms with Crippen molar-refractivity contribution in [2.75, 3.05) is 13.7 Å². The summed E-state index contributed by atoms with van der Waals surface area (Å²) in [6.07, 6.45) is 3.01. The standard InChI is InChI=1S/C25H24N4O3/c1-32-17-8-6-16(7-9-17)24-19(18-4-2-3-5-22(18)28-24)10-11-23(30)29-13-12-21-20(14-29)25(31)27-15-26-21/h2-9,15,28H,10-14H2,1H3,(H,26,27,31). The normalized spacial score (nSPS) is 13.2. The molecular weight excluding hydrogens is 404 g/mol. The predicted molar refractivity (Wildman–Crippen MR) is 123 cm³/mol. The predicted octanol–water partition coefficient (Wildman–Crippen LogP) is 3.44. The fraction of sp³-hybridized carbons (Fsp3) is 0.240. The Hall–Kier alpha value is -3.87. The van der Waals surface area contributed by atoms with Crippen LogP contribution in [0.4, 0.5) is 0 Å². The fourth-order valence-corrected chi connectivity index (χ4v) is 4.42. The number of rotatable bonds is 5. The van der Waals surface area contributed by atoms with Crippen molar-refractivity contribution in [1.29, 1.82) is 0 Å². The number of amides is 1. The molecule has 0 aliphatic carbocycles. The van der Waals surface area contributed by atoms with E-state index in [-0.39, 0.29) is 11.5 Å². The van der Waals surface area contributed by atoms with E-state index in [0.29, 0.717) is 37.9 Å². The maximum Gasteiger partial charge on any atom is 0.255 e. The molecule has 0 saturated carbocycles. The molecule has 0 saturated heterocycles. The Morgan fingerprint density at radius 2 is 1.97 bits per heavy atom. The highest BCUT2D eigenvalue weighted by Gasteiger charge is 2.24. The molecule has 3 heterocycles. The molecule has 5 rings (SSSR count). The molecule has 2 N–H and O–H groups in total. The molecule has 1 aliphatic rings. The molecule has 4 aromatic rings. The number of para-hydroxylation sites is 1. The molecule has 0 spiro atoms. The monoisotopic (exact) mass is 428 g/mol. The molecule has 162 valence electrons. The van der Waals surface area contributed by atoms with Crippen molar-refractivity contribution in [3.05, 3.63) is 82.0 Å². The molecule has 2 aromatic carbocycles. The second-order valence-corrected chi connectivity index (χ2v) is 7.97. The van der Waals surface area contributed by atoms with Gasteiger partial charge in [0.15, 0.2) is 0 Å². The second kappa shape index (κ2) is 8.34. The van der Waals surface area contributed by atoms with E-state index in [1.54, 1.807) is 12.0 Å². The lowest BCUT2D eigenvalue weighted by Crippen LogP contribution is -2.39. The molecule has 2 aromatic heterocycles. The largest absolute Gasteiger partial charge is 0.497 e. The van der Waals surface area contributed by atoms with Gasteiger partial charge in [-0.3, -0.25) is 9.59 Å². The maximum atomic E-state index is 13.0. The van der Waals surface area contributed by atoms with Crippen LogP contribution in [0.25, 0.3) is 22.2 Å². The SMILES string of the molecule is COc1ccc(-c2[nH]c3ccccc3c2CCC(=O)N2CCc3nc[nH]c(=O)c3C2)cc1. The molecule has 0 atom stereocenters. The minimum Gasteiger partial charge on any atom is -0.497 e. The van der Waals surface area contributed by atoms with Gasteiger partial charge in [0, 0.05) is 36.0 Å². The van der Waals surface area contributed by atoms with Gasteiger partial charge >= 0.3 is 0 Å². The van der Waals surface area contributed by atoms with E-state index in [1.165, 1.54) is 6.33 Å². The number of aryl methyl sites for hydroxylation is 1. The van der Waals surface area contributed by atoms with E-state index in [1.807, 2.05) is 36.4 Å². The van der Waals surface area contributed by atoms with Crippen LogP contribution in [0, 0.1) is 0 Å². The van der Waals surface area contributed by atoms with Crippen LogP contribution < -0.4 is 10.3 Å². The van der Waals surface area contributed by atoms with Crippen LogP contribution in [0.3, 0.4) is 0 Å². The van der Waals surface area contributed by atoms with Crippen molar-refractivity contribution < 1.29 is 9.53 Å². The highest BCUT2D eigenvalue weighted by molar-refractivity contribution is 5.91. The van der Waals surface area contributed by atoms with Gasteiger partial charge in [-0.1, -0.05) is 18.2 Å². The zero-order chi connectivity index (χ0) is 22.1. The Morgan fingerprint density at radius 3 is 2.78 bits per heavy atom. The number of ether oxygens (including phenoxy) is 1. The van der Waals surface area contributed by atoms with Crippen LogP contribution in [0.1, 0.15) is 23.2 Å². The zero-order valence-corrected chi connectivity index (χ0v) is 17.9. The number of H-pyrrole nitrogens is 2. The molecule has 1 aliphatic heterocycles. The van der Waals surface area contributed by atoms with Gasteiger partial charge in [-0.25, -0.2) is 4.98 Å². The van der Waals surface area contributed by atoms with Gasteiger partial charge in [-0.05, 0) is 47.9 Å². The summed E-state index contributed by atoms with van der Waals surface area (Å²) in [5.74, 6) is 0.848. The summed E-state index contributed by atoms with van der Waals surface area (Å²) in [5.41, 5.74) is 5.46. The van der Waals surface area contributed by atoms with Gasteiger partial charge in [0.2, 0.25) is 5.91 Å². The number of benzene rings is 2. The zero-order valence-electron chi connectivity index (χ0n) is 17.9. The van der Waals surface area contributed by atoms with Crippen LogP contribution >= 0.6 is 0 Å². The Balaban J connectivity index is 1.40. The van der Waals surface area contributed by atoms with E-state index in [2.05, 4.69) is 27.1 Å². The van der Waals surface area contributed by atoms with Gasteiger partial charge in [0.05, 0.1) is 31.2 Å². The first-order valence-electron chi connectivity index (χ1n) is 10.7. The summed E-state index contributed by atoms with van der Waals surface area (Å²) in [6.45, 7) is 0.901. The Kier molecular flexibility index (Phi) is 5.23. The molecule has 32 heavy (non-hydrogen) atoms. The van der Waals surface area contributed by atoms with Crippen LogP contribution in [-0.2, 0) is 24.2 Å². The molecule has 0 fully saturated rings. The lowest BCUT2D eigenvalue weighted by Gasteiger charge is -2.27. The average molecular weight is 428 g/mol.